The summed E-state index contributed by atoms with van der Waals surface area (Å²) >= 11 is 0. The zero-order valence-corrected chi connectivity index (χ0v) is 13.3. The molecule has 1 saturated heterocycles. The van der Waals surface area contributed by atoms with Crippen LogP contribution in [0.2, 0.25) is 0 Å². The lowest BCUT2D eigenvalue weighted by atomic mass is 10.00. The van der Waals surface area contributed by atoms with E-state index in [0.717, 1.165) is 37.3 Å². The molecule has 2 heterocycles. The van der Waals surface area contributed by atoms with Crippen LogP contribution >= 0.6 is 0 Å². The summed E-state index contributed by atoms with van der Waals surface area (Å²) in [5.41, 5.74) is 1.26. The Balaban J connectivity index is 1.70. The second-order valence-corrected chi connectivity index (χ2v) is 6.13. The summed E-state index contributed by atoms with van der Waals surface area (Å²) in [6.45, 7) is 5.17. The zero-order chi connectivity index (χ0) is 15.4. The number of piperidine rings is 1. The first-order valence-corrected chi connectivity index (χ1v) is 7.92. The van der Waals surface area contributed by atoms with E-state index >= 15 is 0 Å². The van der Waals surface area contributed by atoms with Crippen molar-refractivity contribution in [2.24, 2.45) is 5.92 Å². The third kappa shape index (κ3) is 3.53. The van der Waals surface area contributed by atoms with Crippen LogP contribution in [-0.2, 0) is 6.54 Å². The molecule has 0 N–H and O–H groups in total. The van der Waals surface area contributed by atoms with Crippen LogP contribution in [0.15, 0.2) is 36.5 Å². The minimum atomic E-state index is 0.754. The molecule has 0 radical (unpaired) electrons. The van der Waals surface area contributed by atoms with Gasteiger partial charge < -0.3 is 9.80 Å². The smallest absolute Gasteiger partial charge is 0.247 e. The quantitative estimate of drug-likeness (QED) is 0.868. The van der Waals surface area contributed by atoms with Gasteiger partial charge in [-0.15, -0.1) is 5.10 Å². The number of nitrogens with zero attached hydrogens (tertiary/aromatic N) is 5. The Morgan fingerprint density at radius 2 is 1.91 bits per heavy atom. The lowest BCUT2D eigenvalue weighted by molar-refractivity contribution is 0.433. The molecular formula is C17H23N5. The monoisotopic (exact) mass is 297 g/mol. The number of hydrogen-bond donors (Lipinski definition) is 0. The highest BCUT2D eigenvalue weighted by molar-refractivity contribution is 5.41. The number of benzene rings is 1. The van der Waals surface area contributed by atoms with Crippen LogP contribution < -0.4 is 9.80 Å². The van der Waals surface area contributed by atoms with Crippen LogP contribution in [0, 0.1) is 5.92 Å². The summed E-state index contributed by atoms with van der Waals surface area (Å²) < 4.78 is 0. The molecular weight excluding hydrogens is 274 g/mol. The molecule has 1 fully saturated rings. The van der Waals surface area contributed by atoms with Crippen molar-refractivity contribution in [1.82, 2.24) is 15.2 Å². The van der Waals surface area contributed by atoms with Gasteiger partial charge in [-0.25, -0.2) is 0 Å². The van der Waals surface area contributed by atoms with E-state index in [9.17, 15) is 0 Å². The fraction of sp³-hybridized carbons (Fsp3) is 0.471. The van der Waals surface area contributed by atoms with Gasteiger partial charge in [-0.1, -0.05) is 37.3 Å². The maximum Gasteiger partial charge on any atom is 0.247 e. The molecule has 116 valence electrons. The van der Waals surface area contributed by atoms with Crippen molar-refractivity contribution in [2.45, 2.75) is 26.3 Å². The van der Waals surface area contributed by atoms with Gasteiger partial charge in [-0.05, 0) is 24.3 Å². The molecule has 0 atom stereocenters. The highest BCUT2D eigenvalue weighted by Gasteiger charge is 2.19. The van der Waals surface area contributed by atoms with Crippen LogP contribution in [-0.4, -0.2) is 35.3 Å². The van der Waals surface area contributed by atoms with E-state index in [1.165, 1.54) is 18.4 Å². The first-order valence-electron chi connectivity index (χ1n) is 7.92. The number of hydrogen-bond acceptors (Lipinski definition) is 5. The molecule has 1 aliphatic rings. The van der Waals surface area contributed by atoms with E-state index in [1.807, 2.05) is 13.1 Å². The number of rotatable bonds is 4. The molecule has 1 aromatic heterocycles. The molecule has 0 saturated carbocycles. The minimum Gasteiger partial charge on any atom is -0.354 e. The van der Waals surface area contributed by atoms with E-state index in [1.54, 1.807) is 6.20 Å². The van der Waals surface area contributed by atoms with Crippen molar-refractivity contribution in [3.05, 3.63) is 42.1 Å². The second kappa shape index (κ2) is 6.73. The summed E-state index contributed by atoms with van der Waals surface area (Å²) in [7, 11) is 2.04. The van der Waals surface area contributed by atoms with Gasteiger partial charge in [0.15, 0.2) is 5.82 Å². The van der Waals surface area contributed by atoms with E-state index in [0.29, 0.717) is 0 Å². The summed E-state index contributed by atoms with van der Waals surface area (Å²) in [5.74, 6) is 2.42. The largest absolute Gasteiger partial charge is 0.354 e. The van der Waals surface area contributed by atoms with Crippen molar-refractivity contribution in [1.29, 1.82) is 0 Å². The molecule has 22 heavy (non-hydrogen) atoms. The Labute approximate surface area is 132 Å². The molecule has 5 heteroatoms. The summed E-state index contributed by atoms with van der Waals surface area (Å²) in [6, 6.07) is 10.4. The van der Waals surface area contributed by atoms with Gasteiger partial charge in [0.25, 0.3) is 0 Å². The predicted octanol–water partition coefficient (Wildman–Crippen LogP) is 2.74. The van der Waals surface area contributed by atoms with Crippen molar-refractivity contribution in [3.63, 3.8) is 0 Å². The Bertz CT molecular complexity index is 593. The summed E-state index contributed by atoms with van der Waals surface area (Å²) in [6.07, 6.45) is 4.14. The van der Waals surface area contributed by atoms with Crippen LogP contribution in [0.4, 0.5) is 11.8 Å². The molecule has 0 amide bonds. The molecule has 1 aliphatic heterocycles. The molecule has 0 unspecified atom stereocenters. The Kier molecular flexibility index (Phi) is 4.51. The second-order valence-electron chi connectivity index (χ2n) is 6.13. The topological polar surface area (TPSA) is 45.2 Å². The van der Waals surface area contributed by atoms with Crippen molar-refractivity contribution in [2.75, 3.05) is 29.9 Å². The van der Waals surface area contributed by atoms with Crippen LogP contribution in [0.3, 0.4) is 0 Å². The van der Waals surface area contributed by atoms with E-state index in [-0.39, 0.29) is 0 Å². The van der Waals surface area contributed by atoms with Crippen molar-refractivity contribution in [3.8, 4) is 0 Å². The van der Waals surface area contributed by atoms with Gasteiger partial charge in [-0.2, -0.15) is 10.1 Å². The highest BCUT2D eigenvalue weighted by Crippen LogP contribution is 2.21. The summed E-state index contributed by atoms with van der Waals surface area (Å²) in [5, 5.41) is 8.36. The predicted molar refractivity (Wildman–Crippen MR) is 89.0 cm³/mol. The van der Waals surface area contributed by atoms with Crippen molar-refractivity contribution >= 4 is 11.8 Å². The molecule has 5 nitrogen and oxygen atoms in total. The van der Waals surface area contributed by atoms with Gasteiger partial charge in [0, 0.05) is 26.7 Å². The first kappa shape index (κ1) is 14.8. The number of aromatic nitrogens is 3. The average Bonchev–Trinajstić information content (AvgIpc) is 2.56. The molecule has 0 bridgehead atoms. The van der Waals surface area contributed by atoms with Gasteiger partial charge in [0.2, 0.25) is 5.95 Å². The lowest BCUT2D eigenvalue weighted by Gasteiger charge is -2.30. The fourth-order valence-corrected chi connectivity index (χ4v) is 2.75. The van der Waals surface area contributed by atoms with Gasteiger partial charge in [-0.3, -0.25) is 0 Å². The van der Waals surface area contributed by atoms with E-state index < -0.39 is 0 Å². The SMILES string of the molecule is CC1CCN(c2nncc(N(C)Cc3ccccc3)n2)CC1. The molecule has 0 aliphatic carbocycles. The Morgan fingerprint density at radius 1 is 1.18 bits per heavy atom. The van der Waals surface area contributed by atoms with Gasteiger partial charge in [0.05, 0.1) is 6.20 Å². The van der Waals surface area contributed by atoms with Gasteiger partial charge >= 0.3 is 0 Å². The Hall–Kier alpha value is -2.17. The van der Waals surface area contributed by atoms with Gasteiger partial charge in [0.1, 0.15) is 0 Å². The molecule has 0 spiro atoms. The van der Waals surface area contributed by atoms with E-state index in [4.69, 9.17) is 4.98 Å². The maximum atomic E-state index is 4.70. The van der Waals surface area contributed by atoms with E-state index in [2.05, 4.69) is 51.2 Å². The third-order valence-corrected chi connectivity index (χ3v) is 4.26. The summed E-state index contributed by atoms with van der Waals surface area (Å²) in [4.78, 5) is 9.05. The van der Waals surface area contributed by atoms with Crippen LogP contribution in [0.25, 0.3) is 0 Å². The highest BCUT2D eigenvalue weighted by atomic mass is 15.3. The van der Waals surface area contributed by atoms with Crippen LogP contribution in [0.1, 0.15) is 25.3 Å². The molecule has 1 aromatic carbocycles. The van der Waals surface area contributed by atoms with Crippen molar-refractivity contribution < 1.29 is 0 Å². The minimum absolute atomic E-state index is 0.754. The third-order valence-electron chi connectivity index (χ3n) is 4.26. The fourth-order valence-electron chi connectivity index (χ4n) is 2.75. The Morgan fingerprint density at radius 3 is 2.64 bits per heavy atom. The lowest BCUT2D eigenvalue weighted by Crippen LogP contribution is -2.34. The first-order chi connectivity index (χ1) is 10.7. The maximum absolute atomic E-state index is 4.70. The molecule has 2 aromatic rings. The molecule has 3 rings (SSSR count). The van der Waals surface area contributed by atoms with Crippen LogP contribution in [0.5, 0.6) is 0 Å². The average molecular weight is 297 g/mol. The number of anilines is 2. The normalized spacial score (nSPS) is 15.8. The zero-order valence-electron chi connectivity index (χ0n) is 13.3. The standard InChI is InChI=1S/C17H23N5/c1-14-8-10-22(11-9-14)17-19-16(12-18-20-17)21(2)13-15-6-4-3-5-7-15/h3-7,12,14H,8-11,13H2,1-2H3.